The predicted octanol–water partition coefficient (Wildman–Crippen LogP) is 2.91. The molecule has 4 atom stereocenters. The summed E-state index contributed by atoms with van der Waals surface area (Å²) in [7, 11) is 0. The Morgan fingerprint density at radius 2 is 1.89 bits per heavy atom. The summed E-state index contributed by atoms with van der Waals surface area (Å²) in [4.78, 5) is 39.5. The van der Waals surface area contributed by atoms with Crippen molar-refractivity contribution in [1.82, 2.24) is 10.3 Å². The first-order chi connectivity index (χ1) is 13.3. The first kappa shape index (κ1) is 20.4. The predicted molar refractivity (Wildman–Crippen MR) is 103 cm³/mol. The van der Waals surface area contributed by atoms with Crippen LogP contribution in [0.5, 0.6) is 0 Å². The molecular formula is C21H30N2O5. The van der Waals surface area contributed by atoms with Gasteiger partial charge in [0.05, 0.1) is 12.2 Å². The quantitative estimate of drug-likeness (QED) is 0.698. The van der Waals surface area contributed by atoms with Gasteiger partial charge in [-0.1, -0.05) is 6.42 Å². The number of hydrogen-bond donors (Lipinski definition) is 2. The maximum atomic E-state index is 12.4. The second kappa shape index (κ2) is 8.37. The number of amides is 1. The highest BCUT2D eigenvalue weighted by Crippen LogP contribution is 2.49. The minimum Gasteiger partial charge on any atom is -0.462 e. The molecule has 1 amide bonds. The molecule has 7 heteroatoms. The zero-order valence-electron chi connectivity index (χ0n) is 17.1. The Kier molecular flexibility index (Phi) is 6.10. The summed E-state index contributed by atoms with van der Waals surface area (Å²) in [5, 5.41) is 2.98. The molecule has 1 aromatic rings. The smallest absolute Gasteiger partial charge is 0.355 e. The Morgan fingerprint density at radius 3 is 2.50 bits per heavy atom. The lowest BCUT2D eigenvalue weighted by Gasteiger charge is -2.28. The minimum absolute atomic E-state index is 0.0892. The lowest BCUT2D eigenvalue weighted by atomic mass is 9.84. The first-order valence-electron chi connectivity index (χ1n) is 10.1. The van der Waals surface area contributed by atoms with E-state index in [1.165, 1.54) is 25.7 Å². The number of carbonyl (C=O) groups excluding carboxylic acids is 3. The van der Waals surface area contributed by atoms with Gasteiger partial charge in [0.15, 0.2) is 6.61 Å². The van der Waals surface area contributed by atoms with Gasteiger partial charge in [-0.25, -0.2) is 9.59 Å². The summed E-state index contributed by atoms with van der Waals surface area (Å²) in [5.41, 5.74) is 1.52. The Bertz CT molecular complexity index is 769. The molecule has 2 fully saturated rings. The van der Waals surface area contributed by atoms with Crippen LogP contribution in [0, 0.1) is 31.6 Å². The first-order valence-corrected chi connectivity index (χ1v) is 10.1. The molecule has 1 aromatic heterocycles. The van der Waals surface area contributed by atoms with Crippen LogP contribution < -0.4 is 5.32 Å². The average Bonchev–Trinajstić information content (AvgIpc) is 3.34. The fourth-order valence-corrected chi connectivity index (χ4v) is 4.98. The SMILES string of the molecule is CCOC(=O)c1c(C)[nH]c(C(=O)OCC(=O)N[C@@H](C)[C@@H]2C[C@H]3CC[C@H]2C3)c1C. The van der Waals surface area contributed by atoms with Crippen molar-refractivity contribution in [2.45, 2.75) is 59.4 Å². The lowest BCUT2D eigenvalue weighted by molar-refractivity contribution is -0.125. The molecule has 0 aliphatic heterocycles. The number of carbonyl (C=O) groups is 3. The van der Waals surface area contributed by atoms with Gasteiger partial charge in [0.2, 0.25) is 0 Å². The maximum absolute atomic E-state index is 12.4. The summed E-state index contributed by atoms with van der Waals surface area (Å²) in [6, 6.07) is 0.0892. The number of ether oxygens (including phenoxy) is 2. The van der Waals surface area contributed by atoms with E-state index in [4.69, 9.17) is 9.47 Å². The molecule has 2 aliphatic carbocycles. The van der Waals surface area contributed by atoms with Crippen LogP contribution in [-0.4, -0.2) is 42.1 Å². The normalized spacial score (nSPS) is 24.1. The second-order valence-electron chi connectivity index (χ2n) is 8.12. The summed E-state index contributed by atoms with van der Waals surface area (Å²) >= 11 is 0. The number of rotatable bonds is 7. The number of esters is 2. The number of nitrogens with one attached hydrogen (secondary N) is 2. The maximum Gasteiger partial charge on any atom is 0.355 e. The number of aryl methyl sites for hydroxylation is 1. The van der Waals surface area contributed by atoms with Crippen LogP contribution in [0.4, 0.5) is 0 Å². The van der Waals surface area contributed by atoms with Crippen molar-refractivity contribution in [2.24, 2.45) is 17.8 Å². The van der Waals surface area contributed by atoms with Gasteiger partial charge >= 0.3 is 11.9 Å². The van der Waals surface area contributed by atoms with E-state index in [1.807, 2.05) is 6.92 Å². The van der Waals surface area contributed by atoms with Crippen molar-refractivity contribution >= 4 is 17.8 Å². The Balaban J connectivity index is 1.53. The molecule has 1 heterocycles. The van der Waals surface area contributed by atoms with Crippen LogP contribution in [0.15, 0.2) is 0 Å². The molecule has 7 nitrogen and oxygen atoms in total. The van der Waals surface area contributed by atoms with Gasteiger partial charge in [0, 0.05) is 11.7 Å². The number of fused-ring (bicyclic) bond motifs is 2. The minimum atomic E-state index is -0.654. The number of hydrogen-bond acceptors (Lipinski definition) is 5. The third-order valence-electron chi connectivity index (χ3n) is 6.28. The molecule has 0 saturated heterocycles. The van der Waals surface area contributed by atoms with Crippen LogP contribution in [0.1, 0.15) is 71.6 Å². The Labute approximate surface area is 165 Å². The van der Waals surface area contributed by atoms with Crippen LogP contribution in [0.25, 0.3) is 0 Å². The van der Waals surface area contributed by atoms with Gasteiger partial charge in [-0.15, -0.1) is 0 Å². The summed E-state index contributed by atoms with van der Waals surface area (Å²) in [5.74, 6) is 0.631. The van der Waals surface area contributed by atoms with E-state index < -0.39 is 11.9 Å². The summed E-state index contributed by atoms with van der Waals surface area (Å²) < 4.78 is 10.2. The topological polar surface area (TPSA) is 97.5 Å². The number of aromatic amines is 1. The molecule has 2 aliphatic rings. The van der Waals surface area contributed by atoms with Crippen LogP contribution in [-0.2, 0) is 14.3 Å². The molecule has 3 rings (SSSR count). The molecule has 2 saturated carbocycles. The Morgan fingerprint density at radius 1 is 1.14 bits per heavy atom. The van der Waals surface area contributed by atoms with Crippen LogP contribution in [0.3, 0.4) is 0 Å². The van der Waals surface area contributed by atoms with E-state index in [9.17, 15) is 14.4 Å². The van der Waals surface area contributed by atoms with Gasteiger partial charge in [0.25, 0.3) is 5.91 Å². The molecular weight excluding hydrogens is 360 g/mol. The fourth-order valence-electron chi connectivity index (χ4n) is 4.98. The Hall–Kier alpha value is -2.31. The lowest BCUT2D eigenvalue weighted by Crippen LogP contribution is -2.42. The van der Waals surface area contributed by atoms with E-state index in [1.54, 1.807) is 20.8 Å². The molecule has 0 radical (unpaired) electrons. The number of aromatic nitrogens is 1. The summed E-state index contributed by atoms with van der Waals surface area (Å²) in [6.45, 7) is 7.03. The van der Waals surface area contributed by atoms with Gasteiger partial charge in [-0.05, 0) is 70.3 Å². The van der Waals surface area contributed by atoms with Gasteiger partial charge < -0.3 is 19.8 Å². The fraction of sp³-hybridized carbons (Fsp3) is 0.667. The molecule has 2 N–H and O–H groups in total. The average molecular weight is 390 g/mol. The van der Waals surface area contributed by atoms with E-state index in [2.05, 4.69) is 10.3 Å². The van der Waals surface area contributed by atoms with E-state index >= 15 is 0 Å². The largest absolute Gasteiger partial charge is 0.462 e. The molecule has 2 bridgehead atoms. The van der Waals surface area contributed by atoms with Crippen LogP contribution >= 0.6 is 0 Å². The van der Waals surface area contributed by atoms with Gasteiger partial charge in [0.1, 0.15) is 5.69 Å². The third kappa shape index (κ3) is 4.08. The molecule has 0 unspecified atom stereocenters. The van der Waals surface area contributed by atoms with Crippen molar-refractivity contribution < 1.29 is 23.9 Å². The van der Waals surface area contributed by atoms with Crippen molar-refractivity contribution in [1.29, 1.82) is 0 Å². The van der Waals surface area contributed by atoms with E-state index in [-0.39, 0.29) is 30.9 Å². The number of H-pyrrole nitrogens is 1. The van der Waals surface area contributed by atoms with Crippen molar-refractivity contribution in [3.05, 3.63) is 22.5 Å². The third-order valence-corrected chi connectivity index (χ3v) is 6.28. The molecule has 28 heavy (non-hydrogen) atoms. The highest BCUT2D eigenvalue weighted by Gasteiger charge is 2.42. The van der Waals surface area contributed by atoms with Gasteiger partial charge in [-0.3, -0.25) is 4.79 Å². The van der Waals surface area contributed by atoms with Crippen molar-refractivity contribution in [3.63, 3.8) is 0 Å². The monoisotopic (exact) mass is 390 g/mol. The summed E-state index contributed by atoms with van der Waals surface area (Å²) in [6.07, 6.45) is 5.05. The molecule has 0 spiro atoms. The molecule has 0 aromatic carbocycles. The zero-order chi connectivity index (χ0) is 20.4. The highest BCUT2D eigenvalue weighted by atomic mass is 16.5. The van der Waals surface area contributed by atoms with Crippen molar-refractivity contribution in [2.75, 3.05) is 13.2 Å². The van der Waals surface area contributed by atoms with E-state index in [0.29, 0.717) is 28.7 Å². The van der Waals surface area contributed by atoms with E-state index in [0.717, 1.165) is 5.92 Å². The van der Waals surface area contributed by atoms with Gasteiger partial charge in [-0.2, -0.15) is 0 Å². The molecule has 154 valence electrons. The van der Waals surface area contributed by atoms with Crippen LogP contribution in [0.2, 0.25) is 0 Å². The highest BCUT2D eigenvalue weighted by molar-refractivity contribution is 5.99. The van der Waals surface area contributed by atoms with Crippen molar-refractivity contribution in [3.8, 4) is 0 Å². The zero-order valence-corrected chi connectivity index (χ0v) is 17.1. The second-order valence-corrected chi connectivity index (χ2v) is 8.12. The standard InChI is InChI=1S/C21H30N2O5/c1-5-27-20(25)18-11(2)19(23-13(18)4)21(26)28-10-17(24)22-12(3)16-9-14-6-7-15(16)8-14/h12,14-16,23H,5-10H2,1-4H3,(H,22,24)/t12-,14-,15-,16-/m0/s1.